The van der Waals surface area contributed by atoms with Crippen LogP contribution in [0.15, 0.2) is 18.2 Å². The Morgan fingerprint density at radius 3 is 2.14 bits per heavy atom. The zero-order valence-electron chi connectivity index (χ0n) is 10.8. The molecular weight excluding hydrogens is 321 g/mol. The maximum Gasteiger partial charge on any atom is 0.573 e. The number of benzene rings is 1. The van der Waals surface area contributed by atoms with Crippen LogP contribution in [0.5, 0.6) is 5.75 Å². The summed E-state index contributed by atoms with van der Waals surface area (Å²) in [5.41, 5.74) is -0.280. The molecule has 0 bridgehead atoms. The molecule has 0 radical (unpaired) electrons. The van der Waals surface area contributed by atoms with E-state index in [4.69, 9.17) is 0 Å². The first kappa shape index (κ1) is 16.6. The largest absolute Gasteiger partial charge is 0.573 e. The van der Waals surface area contributed by atoms with Crippen molar-refractivity contribution in [2.75, 3.05) is 0 Å². The third-order valence-electron chi connectivity index (χ3n) is 3.41. The van der Waals surface area contributed by atoms with Crippen molar-refractivity contribution in [1.82, 2.24) is 0 Å². The highest BCUT2D eigenvalue weighted by Crippen LogP contribution is 2.46. The van der Waals surface area contributed by atoms with Crippen LogP contribution >= 0.6 is 0 Å². The highest BCUT2D eigenvalue weighted by Gasteiger charge is 2.50. The van der Waals surface area contributed by atoms with Crippen LogP contribution in [0.4, 0.5) is 30.7 Å². The normalized spacial score (nSPS) is 22.1. The molecule has 0 aliphatic heterocycles. The minimum Gasteiger partial charge on any atom is -0.403 e. The molecule has 2 nitrogen and oxygen atoms in total. The molecular formula is C13H9F7O2. The van der Waals surface area contributed by atoms with Gasteiger partial charge in [-0.05, 0) is 31.0 Å². The number of halogens is 7. The minimum atomic E-state index is -5.08. The molecule has 1 aliphatic rings. The van der Waals surface area contributed by atoms with Crippen molar-refractivity contribution >= 4 is 5.78 Å². The monoisotopic (exact) mass is 330 g/mol. The number of Topliss-reactive ketones (excluding diaryl/α,β-unsaturated/α-hetero) is 1. The van der Waals surface area contributed by atoms with Crippen molar-refractivity contribution in [3.63, 3.8) is 0 Å². The maximum absolute atomic E-state index is 13.4. The lowest BCUT2D eigenvalue weighted by Crippen LogP contribution is -2.39. The molecule has 1 aliphatic carbocycles. The molecule has 0 amide bonds. The summed E-state index contributed by atoms with van der Waals surface area (Å²) in [5.74, 6) is -5.71. The van der Waals surface area contributed by atoms with E-state index in [9.17, 15) is 35.5 Å². The Balaban J connectivity index is 2.05. The van der Waals surface area contributed by atoms with E-state index in [1.807, 2.05) is 0 Å². The van der Waals surface area contributed by atoms with Gasteiger partial charge in [0.2, 0.25) is 0 Å². The first-order chi connectivity index (χ1) is 9.97. The minimum absolute atomic E-state index is 0.280. The Bertz CT molecular complexity index is 571. The van der Waals surface area contributed by atoms with E-state index < -0.39 is 54.6 Å². The molecule has 1 fully saturated rings. The van der Waals surface area contributed by atoms with Crippen LogP contribution in [0.2, 0.25) is 0 Å². The number of ether oxygens (including phenoxy) is 1. The number of carbonyl (C=O) groups excluding carboxylic acids is 1. The summed E-state index contributed by atoms with van der Waals surface area (Å²) in [6.45, 7) is 0. The van der Waals surface area contributed by atoms with Gasteiger partial charge in [0.15, 0.2) is 17.3 Å². The van der Waals surface area contributed by atoms with Crippen LogP contribution in [-0.4, -0.2) is 18.3 Å². The molecule has 0 unspecified atom stereocenters. The van der Waals surface area contributed by atoms with E-state index in [1.165, 1.54) is 0 Å². The van der Waals surface area contributed by atoms with Crippen LogP contribution in [0, 0.1) is 17.7 Å². The van der Waals surface area contributed by atoms with Crippen LogP contribution in [0.1, 0.15) is 23.2 Å². The van der Waals surface area contributed by atoms with E-state index in [0.29, 0.717) is 12.1 Å². The standard InChI is InChI=1S/C13H9F7O2/c14-9-5-6(1-2-10(9)22-13(18,19)20)11(21)7-3-8(4-7)12(15,16)17/h1-2,5,7-8H,3-4H2. The van der Waals surface area contributed by atoms with Crippen LogP contribution in [-0.2, 0) is 0 Å². The predicted octanol–water partition coefficient (Wildman–Crippen LogP) is 4.50. The summed E-state index contributed by atoms with van der Waals surface area (Å²) in [6.07, 6.45) is -10.3. The number of ketones is 1. The van der Waals surface area contributed by atoms with Gasteiger partial charge in [0.05, 0.1) is 5.92 Å². The van der Waals surface area contributed by atoms with Crippen LogP contribution in [0.3, 0.4) is 0 Å². The SMILES string of the molecule is O=C(c1ccc(OC(F)(F)F)c(F)c1)C1CC(C(F)(F)F)C1. The van der Waals surface area contributed by atoms with Gasteiger partial charge in [-0.3, -0.25) is 4.79 Å². The summed E-state index contributed by atoms with van der Waals surface area (Å²) in [4.78, 5) is 11.9. The second-order valence-corrected chi connectivity index (χ2v) is 4.96. The van der Waals surface area contributed by atoms with Gasteiger partial charge in [-0.15, -0.1) is 13.2 Å². The Morgan fingerprint density at radius 1 is 1.09 bits per heavy atom. The molecule has 1 saturated carbocycles. The Hall–Kier alpha value is -1.80. The lowest BCUT2D eigenvalue weighted by atomic mass is 9.71. The van der Waals surface area contributed by atoms with Gasteiger partial charge in [0.1, 0.15) is 0 Å². The molecule has 0 heterocycles. The van der Waals surface area contributed by atoms with Gasteiger partial charge in [-0.25, -0.2) is 4.39 Å². The Labute approximate surface area is 119 Å². The van der Waals surface area contributed by atoms with Gasteiger partial charge < -0.3 is 4.74 Å². The van der Waals surface area contributed by atoms with E-state index >= 15 is 0 Å². The molecule has 0 saturated heterocycles. The molecule has 0 aromatic heterocycles. The highest BCUT2D eigenvalue weighted by atomic mass is 19.4. The lowest BCUT2D eigenvalue weighted by molar-refractivity contribution is -0.275. The molecule has 1 aromatic carbocycles. The number of alkyl halides is 6. The highest BCUT2D eigenvalue weighted by molar-refractivity contribution is 5.98. The van der Waals surface area contributed by atoms with Crippen molar-refractivity contribution in [3.05, 3.63) is 29.6 Å². The fraction of sp³-hybridized carbons (Fsp3) is 0.462. The zero-order chi connectivity index (χ0) is 16.7. The van der Waals surface area contributed by atoms with Crippen LogP contribution in [0.25, 0.3) is 0 Å². The van der Waals surface area contributed by atoms with Crippen molar-refractivity contribution in [2.45, 2.75) is 25.4 Å². The van der Waals surface area contributed by atoms with E-state index in [0.717, 1.165) is 6.07 Å². The van der Waals surface area contributed by atoms with E-state index in [2.05, 4.69) is 4.74 Å². The fourth-order valence-electron chi connectivity index (χ4n) is 2.20. The quantitative estimate of drug-likeness (QED) is 0.603. The van der Waals surface area contributed by atoms with Gasteiger partial charge in [-0.1, -0.05) is 0 Å². The Morgan fingerprint density at radius 2 is 1.68 bits per heavy atom. The molecule has 1 aromatic rings. The third kappa shape index (κ3) is 3.69. The van der Waals surface area contributed by atoms with Crippen molar-refractivity contribution in [2.24, 2.45) is 11.8 Å². The summed E-state index contributed by atoms with van der Waals surface area (Å²) in [5, 5.41) is 0. The number of hydrogen-bond donors (Lipinski definition) is 0. The smallest absolute Gasteiger partial charge is 0.403 e. The molecule has 0 N–H and O–H groups in total. The fourth-order valence-corrected chi connectivity index (χ4v) is 2.20. The number of carbonyl (C=O) groups is 1. The molecule has 0 spiro atoms. The van der Waals surface area contributed by atoms with Gasteiger partial charge in [0, 0.05) is 11.5 Å². The summed E-state index contributed by atoms with van der Waals surface area (Å²) in [7, 11) is 0. The zero-order valence-corrected chi connectivity index (χ0v) is 10.8. The van der Waals surface area contributed by atoms with Gasteiger partial charge in [0.25, 0.3) is 0 Å². The Kier molecular flexibility index (Phi) is 4.09. The molecule has 2 rings (SSSR count). The average molecular weight is 330 g/mol. The average Bonchev–Trinajstić information content (AvgIpc) is 2.26. The second-order valence-electron chi connectivity index (χ2n) is 4.96. The van der Waals surface area contributed by atoms with Crippen molar-refractivity contribution < 1.29 is 40.3 Å². The molecule has 122 valence electrons. The van der Waals surface area contributed by atoms with E-state index in [-0.39, 0.29) is 5.56 Å². The summed E-state index contributed by atoms with van der Waals surface area (Å²) >= 11 is 0. The lowest BCUT2D eigenvalue weighted by Gasteiger charge is -2.35. The second kappa shape index (κ2) is 5.44. The molecule has 9 heteroatoms. The first-order valence-corrected chi connectivity index (χ1v) is 6.13. The summed E-state index contributed by atoms with van der Waals surface area (Å²) < 4.78 is 89.7. The topological polar surface area (TPSA) is 26.3 Å². The van der Waals surface area contributed by atoms with Crippen molar-refractivity contribution in [1.29, 1.82) is 0 Å². The van der Waals surface area contributed by atoms with Gasteiger partial charge in [-0.2, -0.15) is 13.2 Å². The maximum atomic E-state index is 13.4. The predicted molar refractivity (Wildman–Crippen MR) is 59.7 cm³/mol. The molecule has 0 atom stereocenters. The summed E-state index contributed by atoms with van der Waals surface area (Å²) in [6, 6.07) is 2.05. The first-order valence-electron chi connectivity index (χ1n) is 6.13. The number of rotatable bonds is 3. The van der Waals surface area contributed by atoms with E-state index in [1.54, 1.807) is 0 Å². The van der Waals surface area contributed by atoms with Gasteiger partial charge >= 0.3 is 12.5 Å². The van der Waals surface area contributed by atoms with Crippen molar-refractivity contribution in [3.8, 4) is 5.75 Å². The van der Waals surface area contributed by atoms with Crippen LogP contribution < -0.4 is 4.74 Å². The number of hydrogen-bond acceptors (Lipinski definition) is 2. The third-order valence-corrected chi connectivity index (χ3v) is 3.41. The molecule has 22 heavy (non-hydrogen) atoms.